The molecular weight excluding hydrogens is 202 g/mol. The summed E-state index contributed by atoms with van der Waals surface area (Å²) in [5, 5.41) is 3.18. The molecule has 0 aliphatic carbocycles. The first-order chi connectivity index (χ1) is 7.86. The molecule has 0 aliphatic heterocycles. The van der Waals surface area contributed by atoms with E-state index in [-0.39, 0.29) is 0 Å². The van der Waals surface area contributed by atoms with E-state index in [1.807, 2.05) is 0 Å². The average molecular weight is 223 g/mol. The van der Waals surface area contributed by atoms with E-state index < -0.39 is 0 Å². The Balaban J connectivity index is 2.27. The van der Waals surface area contributed by atoms with Crippen LogP contribution in [-0.4, -0.2) is 23.1 Å². The van der Waals surface area contributed by atoms with Crippen LogP contribution in [0, 0.1) is 0 Å². The zero-order chi connectivity index (χ0) is 11.6. The average Bonchev–Trinajstić information content (AvgIpc) is 2.33. The summed E-state index contributed by atoms with van der Waals surface area (Å²) >= 11 is 0. The first-order valence-electron chi connectivity index (χ1n) is 5.99. The first kappa shape index (κ1) is 12.9. The second kappa shape index (κ2) is 8.05. The van der Waals surface area contributed by atoms with Crippen LogP contribution in [0.1, 0.15) is 38.8 Å². The van der Waals surface area contributed by atoms with Crippen molar-refractivity contribution in [3.63, 3.8) is 0 Å². The Labute approximate surface area is 97.5 Å². The highest BCUT2D eigenvalue weighted by molar-refractivity contribution is 5.30. The van der Waals surface area contributed by atoms with Crippen molar-refractivity contribution < 1.29 is 4.74 Å². The van der Waals surface area contributed by atoms with Gasteiger partial charge < -0.3 is 10.1 Å². The normalized spacial score (nSPS) is 10.4. The zero-order valence-corrected chi connectivity index (χ0v) is 10.2. The van der Waals surface area contributed by atoms with Gasteiger partial charge in [0.2, 0.25) is 0 Å². The molecule has 0 fully saturated rings. The quantitative estimate of drug-likeness (QED) is 0.688. The summed E-state index contributed by atoms with van der Waals surface area (Å²) in [6.07, 6.45) is 6.87. The number of hydrogen-bond acceptors (Lipinski definition) is 4. The van der Waals surface area contributed by atoms with Crippen molar-refractivity contribution in [2.24, 2.45) is 0 Å². The molecule has 90 valence electrons. The number of aromatic nitrogens is 2. The van der Waals surface area contributed by atoms with Crippen LogP contribution in [-0.2, 0) is 11.3 Å². The minimum Gasteiger partial charge on any atom is -0.375 e. The van der Waals surface area contributed by atoms with Gasteiger partial charge in [0.15, 0.2) is 0 Å². The van der Waals surface area contributed by atoms with E-state index in [4.69, 9.17) is 4.74 Å². The van der Waals surface area contributed by atoms with Crippen molar-refractivity contribution in [1.82, 2.24) is 9.97 Å². The summed E-state index contributed by atoms with van der Waals surface area (Å²) in [4.78, 5) is 8.54. The Hall–Kier alpha value is -1.16. The Kier molecular flexibility index (Phi) is 6.49. The molecule has 0 unspecified atom stereocenters. The highest BCUT2D eigenvalue weighted by atomic mass is 16.5. The third-order valence-corrected chi connectivity index (χ3v) is 2.15. The SMILES string of the molecule is CCCCOCc1cnc(NCCC)cn1. The number of nitrogens with one attached hydrogen (secondary N) is 1. The lowest BCUT2D eigenvalue weighted by molar-refractivity contribution is 0.115. The maximum Gasteiger partial charge on any atom is 0.144 e. The molecule has 0 aliphatic rings. The second-order valence-electron chi connectivity index (χ2n) is 3.73. The summed E-state index contributed by atoms with van der Waals surface area (Å²) in [5.74, 6) is 0.833. The molecule has 1 N–H and O–H groups in total. The molecule has 0 spiro atoms. The van der Waals surface area contributed by atoms with E-state index in [9.17, 15) is 0 Å². The van der Waals surface area contributed by atoms with E-state index in [0.717, 1.165) is 43.9 Å². The van der Waals surface area contributed by atoms with Gasteiger partial charge in [0, 0.05) is 13.2 Å². The monoisotopic (exact) mass is 223 g/mol. The third kappa shape index (κ3) is 5.07. The van der Waals surface area contributed by atoms with E-state index >= 15 is 0 Å². The van der Waals surface area contributed by atoms with Gasteiger partial charge in [-0.2, -0.15) is 0 Å². The first-order valence-corrected chi connectivity index (χ1v) is 5.99. The van der Waals surface area contributed by atoms with Gasteiger partial charge in [0.1, 0.15) is 5.82 Å². The summed E-state index contributed by atoms with van der Waals surface area (Å²) in [5.41, 5.74) is 0.887. The molecule has 0 aromatic carbocycles. The van der Waals surface area contributed by atoms with E-state index in [2.05, 4.69) is 29.1 Å². The van der Waals surface area contributed by atoms with Crippen LogP contribution in [0.3, 0.4) is 0 Å². The van der Waals surface area contributed by atoms with Gasteiger partial charge in [-0.3, -0.25) is 4.98 Å². The number of hydrogen-bond donors (Lipinski definition) is 1. The summed E-state index contributed by atoms with van der Waals surface area (Å²) in [7, 11) is 0. The van der Waals surface area contributed by atoms with Gasteiger partial charge in [0.25, 0.3) is 0 Å². The summed E-state index contributed by atoms with van der Waals surface area (Å²) in [6, 6.07) is 0. The predicted octanol–water partition coefficient (Wildman–Crippen LogP) is 2.62. The molecule has 16 heavy (non-hydrogen) atoms. The van der Waals surface area contributed by atoms with E-state index in [1.165, 1.54) is 0 Å². The second-order valence-corrected chi connectivity index (χ2v) is 3.73. The van der Waals surface area contributed by atoms with Crippen LogP contribution in [0.5, 0.6) is 0 Å². The molecule has 0 amide bonds. The summed E-state index contributed by atoms with van der Waals surface area (Å²) < 4.78 is 5.46. The van der Waals surface area contributed by atoms with Crippen LogP contribution in [0.15, 0.2) is 12.4 Å². The molecule has 0 saturated heterocycles. The van der Waals surface area contributed by atoms with Gasteiger partial charge in [-0.05, 0) is 12.8 Å². The Morgan fingerprint density at radius 3 is 2.69 bits per heavy atom. The Morgan fingerprint density at radius 1 is 1.19 bits per heavy atom. The highest BCUT2D eigenvalue weighted by Gasteiger charge is 1.97. The number of rotatable bonds is 8. The van der Waals surface area contributed by atoms with Crippen LogP contribution in [0.25, 0.3) is 0 Å². The maximum atomic E-state index is 5.46. The molecule has 4 nitrogen and oxygen atoms in total. The number of unbranched alkanes of at least 4 members (excludes halogenated alkanes) is 1. The maximum absolute atomic E-state index is 5.46. The fraction of sp³-hybridized carbons (Fsp3) is 0.667. The molecule has 1 aromatic rings. The third-order valence-electron chi connectivity index (χ3n) is 2.15. The Bertz CT molecular complexity index is 274. The molecule has 1 aromatic heterocycles. The lowest BCUT2D eigenvalue weighted by Gasteiger charge is -2.05. The molecule has 0 bridgehead atoms. The van der Waals surface area contributed by atoms with Crippen LogP contribution >= 0.6 is 0 Å². The predicted molar refractivity (Wildman–Crippen MR) is 65.4 cm³/mol. The van der Waals surface area contributed by atoms with Gasteiger partial charge in [0.05, 0.1) is 24.7 Å². The van der Waals surface area contributed by atoms with Gasteiger partial charge >= 0.3 is 0 Å². The minimum absolute atomic E-state index is 0.557. The summed E-state index contributed by atoms with van der Waals surface area (Å²) in [6.45, 7) is 6.56. The lowest BCUT2D eigenvalue weighted by atomic mass is 10.4. The zero-order valence-electron chi connectivity index (χ0n) is 10.2. The topological polar surface area (TPSA) is 47.0 Å². The fourth-order valence-electron chi connectivity index (χ4n) is 1.20. The van der Waals surface area contributed by atoms with Gasteiger partial charge in [-0.15, -0.1) is 0 Å². The largest absolute Gasteiger partial charge is 0.375 e. The molecule has 0 atom stereocenters. The number of nitrogens with zero attached hydrogens (tertiary/aromatic N) is 2. The van der Waals surface area contributed by atoms with Crippen LogP contribution < -0.4 is 5.32 Å². The van der Waals surface area contributed by atoms with Crippen molar-refractivity contribution in [2.45, 2.75) is 39.7 Å². The molecule has 1 heterocycles. The van der Waals surface area contributed by atoms with Gasteiger partial charge in [-0.1, -0.05) is 20.3 Å². The van der Waals surface area contributed by atoms with Crippen molar-refractivity contribution in [2.75, 3.05) is 18.5 Å². The van der Waals surface area contributed by atoms with Crippen LogP contribution in [0.2, 0.25) is 0 Å². The molecule has 1 rings (SSSR count). The van der Waals surface area contributed by atoms with Gasteiger partial charge in [-0.25, -0.2) is 4.98 Å². The van der Waals surface area contributed by atoms with Crippen molar-refractivity contribution in [3.8, 4) is 0 Å². The number of anilines is 1. The standard InChI is InChI=1S/C12H21N3O/c1-3-5-7-16-10-11-8-15-12(9-14-11)13-6-4-2/h8-9H,3-7,10H2,1-2H3,(H,13,15). The van der Waals surface area contributed by atoms with Crippen LogP contribution in [0.4, 0.5) is 5.82 Å². The van der Waals surface area contributed by atoms with E-state index in [1.54, 1.807) is 12.4 Å². The minimum atomic E-state index is 0.557. The molecular formula is C12H21N3O. The van der Waals surface area contributed by atoms with Crippen molar-refractivity contribution in [1.29, 1.82) is 0 Å². The highest BCUT2D eigenvalue weighted by Crippen LogP contribution is 2.02. The smallest absolute Gasteiger partial charge is 0.144 e. The Morgan fingerprint density at radius 2 is 2.06 bits per heavy atom. The lowest BCUT2D eigenvalue weighted by Crippen LogP contribution is -2.04. The van der Waals surface area contributed by atoms with Crippen molar-refractivity contribution >= 4 is 5.82 Å². The van der Waals surface area contributed by atoms with E-state index in [0.29, 0.717) is 6.61 Å². The molecule has 4 heteroatoms. The fourth-order valence-corrected chi connectivity index (χ4v) is 1.20. The molecule has 0 saturated carbocycles. The van der Waals surface area contributed by atoms with Crippen molar-refractivity contribution in [3.05, 3.63) is 18.1 Å². The number of ether oxygens (including phenoxy) is 1. The molecule has 0 radical (unpaired) electrons.